The van der Waals surface area contributed by atoms with E-state index in [9.17, 15) is 9.79 Å². The summed E-state index contributed by atoms with van der Waals surface area (Å²) in [6.07, 6.45) is 4.43. The van der Waals surface area contributed by atoms with E-state index in [1.54, 1.807) is 24.3 Å². The molecule has 172 valence electrons. The summed E-state index contributed by atoms with van der Waals surface area (Å²) in [4.78, 5) is 46.7. The molecule has 0 aliphatic carbocycles. The summed E-state index contributed by atoms with van der Waals surface area (Å²) in [6.45, 7) is 8.58. The van der Waals surface area contributed by atoms with Gasteiger partial charge < -0.3 is 0 Å². The number of benzene rings is 2. The number of unbranched alkanes of at least 4 members (excludes halogenated alkanes) is 1. The predicted octanol–water partition coefficient (Wildman–Crippen LogP) is 3.42. The third kappa shape index (κ3) is 9.91. The minimum absolute atomic E-state index is 0.211. The Kier molecular flexibility index (Phi) is 11.6. The van der Waals surface area contributed by atoms with Gasteiger partial charge in [0.05, 0.1) is 0 Å². The third-order valence-corrected chi connectivity index (χ3v) is 7.69. The van der Waals surface area contributed by atoms with Gasteiger partial charge in [0, 0.05) is 0 Å². The van der Waals surface area contributed by atoms with Gasteiger partial charge >= 0.3 is 181 Å². The molecular formula is C22H38O6P2. The molecule has 5 N–H and O–H groups in total. The molecule has 0 heterocycles. The maximum atomic E-state index is 10.1. The monoisotopic (exact) mass is 460 g/mol. The second-order valence-corrected chi connectivity index (χ2v) is 11.6. The molecule has 0 aliphatic heterocycles. The number of hydrogen-bond donors (Lipinski definition) is 5. The zero-order valence-corrected chi connectivity index (χ0v) is 20.4. The van der Waals surface area contributed by atoms with E-state index in [1.165, 1.54) is 12.1 Å². The van der Waals surface area contributed by atoms with Gasteiger partial charge in [0.2, 0.25) is 0 Å². The van der Waals surface area contributed by atoms with Crippen LogP contribution in [0.3, 0.4) is 0 Å². The van der Waals surface area contributed by atoms with Crippen molar-refractivity contribution in [3.8, 4) is 0 Å². The van der Waals surface area contributed by atoms with Gasteiger partial charge in [0.15, 0.2) is 0 Å². The number of rotatable bonds is 9. The molecule has 0 aromatic heterocycles. The van der Waals surface area contributed by atoms with Crippen molar-refractivity contribution in [1.29, 1.82) is 0 Å². The summed E-state index contributed by atoms with van der Waals surface area (Å²) >= 11 is 0. The minimum atomic E-state index is -4.06. The van der Waals surface area contributed by atoms with Gasteiger partial charge in [-0.15, -0.1) is 0 Å². The average molecular weight is 460 g/mol. The summed E-state index contributed by atoms with van der Waals surface area (Å²) in [7, 11) is -7.78. The first kappa shape index (κ1) is 27.1. The normalized spacial score (nSPS) is 13.9. The molecule has 0 fully saturated rings. The Morgan fingerprint density at radius 1 is 0.767 bits per heavy atom. The summed E-state index contributed by atoms with van der Waals surface area (Å²) in [6, 6.07) is 13.7. The molecule has 0 amide bonds. The Hall–Kier alpha value is -0.940. The molecule has 1 atom stereocenters. The molecular weight excluding hydrogens is 422 g/mol. The van der Waals surface area contributed by atoms with Gasteiger partial charge in [0.1, 0.15) is 0 Å². The van der Waals surface area contributed by atoms with E-state index in [0.717, 1.165) is 36.8 Å². The van der Waals surface area contributed by atoms with E-state index in [1.807, 2.05) is 26.0 Å². The molecule has 8 heteroatoms. The second-order valence-electron chi connectivity index (χ2n) is 7.70. The molecule has 0 spiro atoms. The quantitative estimate of drug-likeness (QED) is 0.367. The van der Waals surface area contributed by atoms with Crippen LogP contribution in [0.4, 0.5) is 0 Å². The molecule has 2 rings (SSSR count). The van der Waals surface area contributed by atoms with Gasteiger partial charge in [-0.05, 0) is 0 Å². The molecule has 0 radical (unpaired) electrons. The third-order valence-electron chi connectivity index (χ3n) is 4.93. The number of hydrogen-bond acceptors (Lipinski definition) is 6. The summed E-state index contributed by atoms with van der Waals surface area (Å²) in [5, 5.41) is 0.728. The number of aryl methyl sites for hydroxylation is 2. The van der Waals surface area contributed by atoms with Crippen LogP contribution in [0.2, 0.25) is 0 Å². The van der Waals surface area contributed by atoms with E-state index in [-0.39, 0.29) is 5.30 Å². The fraction of sp³-hybridized carbons (Fsp3) is 0.455. The van der Waals surface area contributed by atoms with Crippen LogP contribution in [-0.2, 0) is 4.52 Å². The summed E-state index contributed by atoms with van der Waals surface area (Å²) < 4.78 is 5.46. The van der Waals surface area contributed by atoms with Crippen molar-refractivity contribution < 1.29 is 29.0 Å². The van der Waals surface area contributed by atoms with Crippen LogP contribution in [0.1, 0.15) is 50.7 Å². The second kappa shape index (κ2) is 12.8. The van der Waals surface area contributed by atoms with Gasteiger partial charge in [-0.3, -0.25) is 0 Å². The van der Waals surface area contributed by atoms with E-state index in [0.29, 0.717) is 17.8 Å². The van der Waals surface area contributed by atoms with Crippen LogP contribution in [0.25, 0.3) is 0 Å². The molecule has 0 saturated carbocycles. The molecule has 0 aliphatic rings. The predicted molar refractivity (Wildman–Crippen MR) is 129 cm³/mol. The van der Waals surface area contributed by atoms with Gasteiger partial charge in [-0.1, -0.05) is 0 Å². The Morgan fingerprint density at radius 2 is 1.23 bits per heavy atom. The zero-order valence-electron chi connectivity index (χ0n) is 18.4. The van der Waals surface area contributed by atoms with Gasteiger partial charge in [0.25, 0.3) is 0 Å². The molecule has 1 unspecified atom stereocenters. The van der Waals surface area contributed by atoms with E-state index in [4.69, 9.17) is 19.2 Å². The van der Waals surface area contributed by atoms with Crippen LogP contribution >= 0.6 is 15.9 Å². The van der Waals surface area contributed by atoms with Crippen molar-refractivity contribution in [2.24, 2.45) is 5.92 Å². The van der Waals surface area contributed by atoms with E-state index < -0.39 is 15.9 Å². The first-order chi connectivity index (χ1) is 14.0. The molecule has 30 heavy (non-hydrogen) atoms. The SMILES string of the molecule is CCCCC(CC)CO[PH](O)(O)c1ccc(C)cc1.Cc1ccc([PH](O)(O)O)cc1. The zero-order chi connectivity index (χ0) is 22.8. The first-order valence-electron chi connectivity index (χ1n) is 10.4. The molecule has 0 saturated heterocycles. The average Bonchev–Trinajstić information content (AvgIpc) is 2.68. The fourth-order valence-corrected chi connectivity index (χ4v) is 4.61. The standard InChI is InChI=1S/C15H27O3P.C7H11O3P/c1-4-6-7-14(5-2)12-18-19(16,17)15-10-8-13(3)9-11-15;1-6-2-4-7(5-3-6)11(8,9)10/h8-11,14,16-17,19H,4-7,12H2,1-3H3;2-5,8-11H,1H3. The first-order valence-corrected chi connectivity index (χ1v) is 14.0. The van der Waals surface area contributed by atoms with E-state index >= 15 is 0 Å². The Morgan fingerprint density at radius 3 is 1.63 bits per heavy atom. The Labute approximate surface area is 181 Å². The van der Waals surface area contributed by atoms with Gasteiger partial charge in [-0.25, -0.2) is 0 Å². The molecule has 0 bridgehead atoms. The van der Waals surface area contributed by atoms with E-state index in [2.05, 4.69) is 13.8 Å². The topological polar surface area (TPSA) is 110 Å². The van der Waals surface area contributed by atoms with Gasteiger partial charge in [-0.2, -0.15) is 0 Å². The van der Waals surface area contributed by atoms with Crippen LogP contribution in [0.15, 0.2) is 48.5 Å². The van der Waals surface area contributed by atoms with Crippen LogP contribution in [-0.4, -0.2) is 31.1 Å². The van der Waals surface area contributed by atoms with Crippen LogP contribution in [0, 0.1) is 19.8 Å². The van der Waals surface area contributed by atoms with Crippen LogP contribution in [0.5, 0.6) is 0 Å². The molecule has 6 nitrogen and oxygen atoms in total. The fourth-order valence-electron chi connectivity index (χ4n) is 2.76. The molecule has 2 aromatic rings. The van der Waals surface area contributed by atoms with Crippen molar-refractivity contribution in [2.75, 3.05) is 6.61 Å². The van der Waals surface area contributed by atoms with Crippen molar-refractivity contribution >= 4 is 26.5 Å². The maximum absolute atomic E-state index is 10.1. The van der Waals surface area contributed by atoms with Crippen molar-refractivity contribution in [1.82, 2.24) is 0 Å². The summed E-state index contributed by atoms with van der Waals surface area (Å²) in [5.41, 5.74) is 2.12. The Bertz CT molecular complexity index is 727. The van der Waals surface area contributed by atoms with Crippen LogP contribution < -0.4 is 10.6 Å². The Balaban J connectivity index is 0.000000346. The molecule has 2 aromatic carbocycles. The van der Waals surface area contributed by atoms with Crippen molar-refractivity contribution in [2.45, 2.75) is 53.4 Å². The van der Waals surface area contributed by atoms with Crippen molar-refractivity contribution in [3.05, 3.63) is 59.7 Å². The van der Waals surface area contributed by atoms with Crippen molar-refractivity contribution in [3.63, 3.8) is 0 Å². The summed E-state index contributed by atoms with van der Waals surface area (Å²) in [5.74, 6) is 0.413.